The standard InChI is InChI=1S/C33H40N6O2/c1-22-10-11-30(26(18-22)19-34)37-14-12-27(13-15-37)36-32-23(2)31(24(3)35-25(32)4)33(41)38-16-17-39(29(20-38)21-40)28-8-6-5-7-9-28/h5-11,18,27,29,36,40H,12-17,20-21H2,1-4H3/t29-/m0/s1. The van der Waals surface area contributed by atoms with Crippen LogP contribution < -0.4 is 15.1 Å². The molecule has 1 aromatic heterocycles. The highest BCUT2D eigenvalue weighted by atomic mass is 16.3. The van der Waals surface area contributed by atoms with Crippen molar-refractivity contribution in [3.8, 4) is 6.07 Å². The van der Waals surface area contributed by atoms with Crippen LogP contribution in [0.5, 0.6) is 0 Å². The van der Waals surface area contributed by atoms with Gasteiger partial charge in [-0.25, -0.2) is 0 Å². The number of pyridine rings is 1. The number of hydrogen-bond donors (Lipinski definition) is 2. The van der Waals surface area contributed by atoms with E-state index in [2.05, 4.69) is 33.3 Å². The molecular weight excluding hydrogens is 512 g/mol. The van der Waals surface area contributed by atoms with E-state index in [1.165, 1.54) is 0 Å². The van der Waals surface area contributed by atoms with E-state index in [1.54, 1.807) is 0 Å². The summed E-state index contributed by atoms with van der Waals surface area (Å²) in [6.45, 7) is 11.3. The summed E-state index contributed by atoms with van der Waals surface area (Å²) >= 11 is 0. The van der Waals surface area contributed by atoms with Crippen molar-refractivity contribution in [1.29, 1.82) is 5.26 Å². The van der Waals surface area contributed by atoms with Crippen molar-refractivity contribution in [3.05, 3.63) is 82.2 Å². The number of carbonyl (C=O) groups is 1. The van der Waals surface area contributed by atoms with Gasteiger partial charge in [-0.3, -0.25) is 9.78 Å². The minimum Gasteiger partial charge on any atom is -0.394 e. The highest BCUT2D eigenvalue weighted by Crippen LogP contribution is 2.31. The fraction of sp³-hybridized carbons (Fsp3) is 0.424. The normalized spacial score (nSPS) is 17.9. The highest BCUT2D eigenvalue weighted by molar-refractivity contribution is 5.98. The van der Waals surface area contributed by atoms with Crippen LogP contribution >= 0.6 is 0 Å². The molecule has 41 heavy (non-hydrogen) atoms. The third kappa shape index (κ3) is 5.86. The lowest BCUT2D eigenvalue weighted by Gasteiger charge is -2.42. The second kappa shape index (κ2) is 12.2. The van der Waals surface area contributed by atoms with Gasteiger partial charge in [-0.05, 0) is 75.9 Å². The van der Waals surface area contributed by atoms with E-state index in [-0.39, 0.29) is 24.6 Å². The fourth-order valence-corrected chi connectivity index (χ4v) is 6.36. The van der Waals surface area contributed by atoms with Crippen LogP contribution in [0.1, 0.15) is 51.3 Å². The Morgan fingerprint density at radius 3 is 2.44 bits per heavy atom. The topological polar surface area (TPSA) is 95.7 Å². The molecule has 0 bridgehead atoms. The summed E-state index contributed by atoms with van der Waals surface area (Å²) in [5.74, 6) is -0.0278. The average molecular weight is 553 g/mol. The first-order chi connectivity index (χ1) is 19.8. The number of aliphatic hydroxyl groups is 1. The number of piperazine rings is 1. The molecule has 0 saturated carbocycles. The quantitative estimate of drug-likeness (QED) is 0.462. The molecule has 8 nitrogen and oxygen atoms in total. The zero-order valence-electron chi connectivity index (χ0n) is 24.5. The molecule has 2 aliphatic heterocycles. The largest absolute Gasteiger partial charge is 0.394 e. The second-order valence-electron chi connectivity index (χ2n) is 11.3. The summed E-state index contributed by atoms with van der Waals surface area (Å²) < 4.78 is 0. The SMILES string of the molecule is Cc1ccc(N2CCC(Nc3c(C)nc(C)c(C(=O)N4CCN(c5ccccc5)[C@H](CO)C4)c3C)CC2)c(C#N)c1. The molecule has 0 radical (unpaired) electrons. The lowest BCUT2D eigenvalue weighted by molar-refractivity contribution is 0.0697. The Hall–Kier alpha value is -4.09. The summed E-state index contributed by atoms with van der Waals surface area (Å²) in [6.07, 6.45) is 1.85. The van der Waals surface area contributed by atoms with Crippen molar-refractivity contribution in [1.82, 2.24) is 9.88 Å². The molecule has 2 aliphatic rings. The van der Waals surface area contributed by atoms with Crippen molar-refractivity contribution in [3.63, 3.8) is 0 Å². The molecule has 2 fully saturated rings. The molecule has 5 rings (SSSR count). The third-order valence-electron chi connectivity index (χ3n) is 8.55. The lowest BCUT2D eigenvalue weighted by atomic mass is 9.98. The van der Waals surface area contributed by atoms with Crippen LogP contribution in [0.4, 0.5) is 17.1 Å². The van der Waals surface area contributed by atoms with Gasteiger partial charge in [-0.1, -0.05) is 24.3 Å². The Kier molecular flexibility index (Phi) is 8.46. The van der Waals surface area contributed by atoms with Crippen LogP contribution in [0.25, 0.3) is 0 Å². The number of nitrogens with zero attached hydrogens (tertiary/aromatic N) is 5. The maximum Gasteiger partial charge on any atom is 0.256 e. The van der Waals surface area contributed by atoms with E-state index in [1.807, 2.05) is 69.0 Å². The average Bonchev–Trinajstić information content (AvgIpc) is 2.99. The van der Waals surface area contributed by atoms with Crippen molar-refractivity contribution < 1.29 is 9.90 Å². The van der Waals surface area contributed by atoms with Crippen molar-refractivity contribution >= 4 is 23.0 Å². The number of rotatable bonds is 6. The third-order valence-corrected chi connectivity index (χ3v) is 8.55. The number of anilines is 3. The number of piperidine rings is 1. The number of amides is 1. The van der Waals surface area contributed by atoms with Crippen LogP contribution in [0.3, 0.4) is 0 Å². The molecule has 8 heteroatoms. The summed E-state index contributed by atoms with van der Waals surface area (Å²) in [5.41, 5.74) is 8.03. The number of aryl methyl sites for hydroxylation is 3. The number of nitrogens with one attached hydrogen (secondary N) is 1. The van der Waals surface area contributed by atoms with Gasteiger partial charge in [0.05, 0.1) is 46.5 Å². The first-order valence-corrected chi connectivity index (χ1v) is 14.5. The van der Waals surface area contributed by atoms with Crippen LogP contribution in [0.15, 0.2) is 48.5 Å². The Bertz CT molecular complexity index is 1440. The van der Waals surface area contributed by atoms with Gasteiger partial charge in [0.15, 0.2) is 0 Å². The van der Waals surface area contributed by atoms with Gasteiger partial charge in [0.25, 0.3) is 5.91 Å². The van der Waals surface area contributed by atoms with Gasteiger partial charge in [0.1, 0.15) is 6.07 Å². The first-order valence-electron chi connectivity index (χ1n) is 14.5. The molecule has 0 aliphatic carbocycles. The van der Waals surface area contributed by atoms with Gasteiger partial charge in [0, 0.05) is 44.5 Å². The summed E-state index contributed by atoms with van der Waals surface area (Å²) in [7, 11) is 0. The highest BCUT2D eigenvalue weighted by Gasteiger charge is 2.32. The fourth-order valence-electron chi connectivity index (χ4n) is 6.36. The van der Waals surface area contributed by atoms with E-state index in [9.17, 15) is 15.2 Å². The predicted molar refractivity (Wildman–Crippen MR) is 164 cm³/mol. The van der Waals surface area contributed by atoms with Gasteiger partial charge in [-0.2, -0.15) is 5.26 Å². The van der Waals surface area contributed by atoms with Gasteiger partial charge >= 0.3 is 0 Å². The summed E-state index contributed by atoms with van der Waals surface area (Å²) in [5, 5.41) is 23.5. The van der Waals surface area contributed by atoms with Gasteiger partial charge < -0.3 is 25.1 Å². The summed E-state index contributed by atoms with van der Waals surface area (Å²) in [4.78, 5) is 25.1. The number of aromatic nitrogens is 1. The van der Waals surface area contributed by atoms with E-state index in [0.29, 0.717) is 25.2 Å². The molecule has 1 atom stereocenters. The zero-order valence-corrected chi connectivity index (χ0v) is 24.5. The Labute approximate surface area is 243 Å². The number of para-hydroxylation sites is 1. The number of aliphatic hydroxyl groups excluding tert-OH is 1. The van der Waals surface area contributed by atoms with Gasteiger partial charge in [-0.15, -0.1) is 0 Å². The Morgan fingerprint density at radius 1 is 1.02 bits per heavy atom. The van der Waals surface area contributed by atoms with E-state index < -0.39 is 0 Å². The van der Waals surface area contributed by atoms with E-state index >= 15 is 0 Å². The molecule has 3 heterocycles. The number of carbonyl (C=O) groups excluding carboxylic acids is 1. The van der Waals surface area contributed by atoms with E-state index in [4.69, 9.17) is 4.98 Å². The van der Waals surface area contributed by atoms with Crippen molar-refractivity contribution in [2.24, 2.45) is 0 Å². The van der Waals surface area contributed by atoms with Crippen LogP contribution in [0.2, 0.25) is 0 Å². The van der Waals surface area contributed by atoms with Crippen LogP contribution in [-0.2, 0) is 0 Å². The first kappa shape index (κ1) is 28.4. The molecular formula is C33H40N6O2. The predicted octanol–water partition coefficient (Wildman–Crippen LogP) is 4.59. The maximum atomic E-state index is 13.9. The van der Waals surface area contributed by atoms with Crippen molar-refractivity contribution in [2.45, 2.75) is 52.6 Å². The number of nitriles is 1. The second-order valence-corrected chi connectivity index (χ2v) is 11.3. The molecule has 0 unspecified atom stereocenters. The van der Waals surface area contributed by atoms with Gasteiger partial charge in [0.2, 0.25) is 0 Å². The number of hydrogen-bond acceptors (Lipinski definition) is 7. The molecule has 0 spiro atoms. The smallest absolute Gasteiger partial charge is 0.256 e. The molecule has 2 aromatic carbocycles. The lowest BCUT2D eigenvalue weighted by Crippen LogP contribution is -2.56. The number of benzene rings is 2. The van der Waals surface area contributed by atoms with Crippen LogP contribution in [0, 0.1) is 39.0 Å². The molecule has 214 valence electrons. The molecule has 3 aromatic rings. The Balaban J connectivity index is 1.29. The Morgan fingerprint density at radius 2 is 1.76 bits per heavy atom. The van der Waals surface area contributed by atoms with E-state index in [0.717, 1.165) is 71.1 Å². The molecule has 2 N–H and O–H groups in total. The maximum absolute atomic E-state index is 13.9. The minimum absolute atomic E-state index is 0.0211. The van der Waals surface area contributed by atoms with Crippen molar-refractivity contribution in [2.75, 3.05) is 54.4 Å². The van der Waals surface area contributed by atoms with Crippen LogP contribution in [-0.4, -0.2) is 72.3 Å². The summed E-state index contributed by atoms with van der Waals surface area (Å²) in [6, 6.07) is 18.6. The monoisotopic (exact) mass is 552 g/mol. The molecule has 2 saturated heterocycles. The molecule has 1 amide bonds. The minimum atomic E-state index is -0.160. The zero-order chi connectivity index (χ0) is 29.1.